The smallest absolute Gasteiger partial charge is 0.000763 e. The van der Waals surface area contributed by atoms with E-state index in [0.717, 1.165) is 16.2 Å². The molecule has 3 aromatic carbocycles. The van der Waals surface area contributed by atoms with Crippen molar-refractivity contribution < 1.29 is 0 Å². The molecule has 0 fully saturated rings. The quantitative estimate of drug-likeness (QED) is 0.459. The zero-order valence-corrected chi connectivity index (χ0v) is 7.54. The van der Waals surface area contributed by atoms with Crippen LogP contribution in [0.5, 0.6) is 0 Å². The molecule has 0 nitrogen and oxygen atoms in total. The Morgan fingerprint density at radius 2 is 1.71 bits per heavy atom. The molecule has 14 heavy (non-hydrogen) atoms. The van der Waals surface area contributed by atoms with Crippen molar-refractivity contribution in [3.05, 3.63) is 60.7 Å². The van der Waals surface area contributed by atoms with Crippen LogP contribution in [0, 0.1) is 18.2 Å². The predicted octanol–water partition coefficient (Wildman–Crippen LogP) is 3.39. The van der Waals surface area contributed by atoms with Crippen molar-refractivity contribution in [2.75, 3.05) is 0 Å². The molecule has 0 unspecified atom stereocenters. The van der Waals surface area contributed by atoms with Gasteiger partial charge in [-0.15, -0.1) is 0 Å². The van der Waals surface area contributed by atoms with Gasteiger partial charge in [-0.1, -0.05) is 36.4 Å². The van der Waals surface area contributed by atoms with Crippen LogP contribution in [0.25, 0.3) is 21.5 Å². The number of benzene rings is 3. The van der Waals surface area contributed by atoms with Gasteiger partial charge < -0.3 is 0 Å². The van der Waals surface area contributed by atoms with Gasteiger partial charge in [0.2, 0.25) is 0 Å². The molecule has 0 atom stereocenters. The van der Waals surface area contributed by atoms with Crippen LogP contribution in [0.15, 0.2) is 42.5 Å². The molecule has 0 aliphatic rings. The van der Waals surface area contributed by atoms with E-state index in [0.29, 0.717) is 0 Å². The summed E-state index contributed by atoms with van der Waals surface area (Å²) < 4.78 is 0. The fraction of sp³-hybridized carbons (Fsp3) is 0. The standard InChI is InChI=1S/C14H7/c1-2-6-12-10-14-8-4-3-7-13(14)9-11(12)5-1/h1-6,9H. The molecule has 0 amide bonds. The zero-order valence-electron chi connectivity index (χ0n) is 7.54. The highest BCUT2D eigenvalue weighted by Crippen LogP contribution is 2.20. The Morgan fingerprint density at radius 3 is 2.71 bits per heavy atom. The van der Waals surface area contributed by atoms with Gasteiger partial charge in [0.05, 0.1) is 0 Å². The summed E-state index contributed by atoms with van der Waals surface area (Å²) in [6.45, 7) is 0. The van der Waals surface area contributed by atoms with Crippen molar-refractivity contribution in [3.8, 4) is 0 Å². The first-order chi connectivity index (χ1) is 6.93. The highest BCUT2D eigenvalue weighted by molar-refractivity contribution is 5.96. The van der Waals surface area contributed by atoms with E-state index in [1.807, 2.05) is 24.3 Å². The molecule has 0 heterocycles. The van der Waals surface area contributed by atoms with Crippen molar-refractivity contribution in [2.24, 2.45) is 0 Å². The molecule has 0 bridgehead atoms. The van der Waals surface area contributed by atoms with Gasteiger partial charge in [0.15, 0.2) is 0 Å². The Labute approximate surface area is 82.8 Å². The van der Waals surface area contributed by atoms with Gasteiger partial charge in [-0.3, -0.25) is 0 Å². The van der Waals surface area contributed by atoms with Crippen molar-refractivity contribution in [3.63, 3.8) is 0 Å². The van der Waals surface area contributed by atoms with E-state index in [9.17, 15) is 0 Å². The van der Waals surface area contributed by atoms with E-state index >= 15 is 0 Å². The number of rotatable bonds is 0. The van der Waals surface area contributed by atoms with Gasteiger partial charge in [-0.05, 0) is 45.8 Å². The van der Waals surface area contributed by atoms with Crippen LogP contribution in [0.2, 0.25) is 0 Å². The molecule has 0 aliphatic carbocycles. The summed E-state index contributed by atoms with van der Waals surface area (Å²) in [6, 6.07) is 23.7. The predicted molar refractivity (Wildman–Crippen MR) is 58.0 cm³/mol. The Balaban J connectivity index is 2.52. The summed E-state index contributed by atoms with van der Waals surface area (Å²) in [5, 5.41) is 4.42. The van der Waals surface area contributed by atoms with E-state index < -0.39 is 0 Å². The van der Waals surface area contributed by atoms with E-state index in [4.69, 9.17) is 0 Å². The SMILES string of the molecule is [c]1cc[c]c2cc3ccccc3[c]c12. The second-order valence-corrected chi connectivity index (χ2v) is 3.27. The monoisotopic (exact) mass is 175 g/mol. The Bertz CT molecular complexity index is 489. The van der Waals surface area contributed by atoms with Crippen LogP contribution in [0.4, 0.5) is 0 Å². The summed E-state index contributed by atoms with van der Waals surface area (Å²) >= 11 is 0. The molecule has 3 aromatic rings. The molecule has 0 saturated carbocycles. The van der Waals surface area contributed by atoms with Gasteiger partial charge in [0, 0.05) is 0 Å². The van der Waals surface area contributed by atoms with Crippen LogP contribution >= 0.6 is 0 Å². The largest absolute Gasteiger partial charge is 0.0616 e. The van der Waals surface area contributed by atoms with Gasteiger partial charge in [-0.25, -0.2) is 0 Å². The highest BCUT2D eigenvalue weighted by Gasteiger charge is 1.96. The minimum absolute atomic E-state index is 1.01. The normalized spacial score (nSPS) is 10.9. The highest BCUT2D eigenvalue weighted by atomic mass is 14.0. The molecule has 0 N–H and O–H groups in total. The molecular formula is C14H7. The Hall–Kier alpha value is -1.82. The third-order valence-electron chi connectivity index (χ3n) is 2.34. The fourth-order valence-corrected chi connectivity index (χ4v) is 1.65. The summed E-state index contributed by atoms with van der Waals surface area (Å²) in [5.41, 5.74) is 0. The molecule has 3 rings (SSSR count). The van der Waals surface area contributed by atoms with E-state index in [1.54, 1.807) is 0 Å². The summed E-state index contributed by atoms with van der Waals surface area (Å²) in [7, 11) is 0. The zero-order chi connectivity index (χ0) is 9.38. The Morgan fingerprint density at radius 1 is 0.857 bits per heavy atom. The minimum atomic E-state index is 1.01. The minimum Gasteiger partial charge on any atom is -0.0616 e. The van der Waals surface area contributed by atoms with Crippen molar-refractivity contribution >= 4 is 21.5 Å². The topological polar surface area (TPSA) is 0 Å². The van der Waals surface area contributed by atoms with Crippen molar-refractivity contribution in [2.45, 2.75) is 0 Å². The van der Waals surface area contributed by atoms with Gasteiger partial charge in [0.25, 0.3) is 0 Å². The van der Waals surface area contributed by atoms with Crippen LogP contribution in [0.3, 0.4) is 0 Å². The molecule has 63 valence electrons. The lowest BCUT2D eigenvalue weighted by molar-refractivity contribution is 1.74. The van der Waals surface area contributed by atoms with Crippen molar-refractivity contribution in [1.29, 1.82) is 0 Å². The second kappa shape index (κ2) is 2.85. The first-order valence-corrected chi connectivity index (χ1v) is 4.57. The first-order valence-electron chi connectivity index (χ1n) is 4.57. The summed E-state index contributed by atoms with van der Waals surface area (Å²) in [5.74, 6) is 0. The summed E-state index contributed by atoms with van der Waals surface area (Å²) in [6.07, 6.45) is 0. The lowest BCUT2D eigenvalue weighted by Crippen LogP contribution is -1.76. The molecule has 0 aliphatic heterocycles. The third-order valence-corrected chi connectivity index (χ3v) is 2.34. The Kier molecular flexibility index (Phi) is 1.54. The second-order valence-electron chi connectivity index (χ2n) is 3.27. The number of hydrogen-bond acceptors (Lipinski definition) is 0. The summed E-state index contributed by atoms with van der Waals surface area (Å²) in [4.78, 5) is 0. The van der Waals surface area contributed by atoms with Crippen LogP contribution in [0.1, 0.15) is 0 Å². The van der Waals surface area contributed by atoms with E-state index in [2.05, 4.69) is 36.4 Å². The lowest BCUT2D eigenvalue weighted by Gasteiger charge is -1.99. The molecular weight excluding hydrogens is 168 g/mol. The molecule has 3 radical (unpaired) electrons. The maximum Gasteiger partial charge on any atom is -0.000763 e. The van der Waals surface area contributed by atoms with Gasteiger partial charge in [-0.2, -0.15) is 0 Å². The van der Waals surface area contributed by atoms with Gasteiger partial charge >= 0.3 is 0 Å². The lowest BCUT2D eigenvalue weighted by atomic mass is 10.0. The molecule has 0 aromatic heterocycles. The average molecular weight is 175 g/mol. The maximum absolute atomic E-state index is 3.32. The van der Waals surface area contributed by atoms with E-state index in [1.165, 1.54) is 5.39 Å². The van der Waals surface area contributed by atoms with Crippen LogP contribution in [-0.2, 0) is 0 Å². The van der Waals surface area contributed by atoms with Crippen LogP contribution in [-0.4, -0.2) is 0 Å². The average Bonchev–Trinajstić information content (AvgIpc) is 2.26. The fourth-order valence-electron chi connectivity index (χ4n) is 1.65. The third kappa shape index (κ3) is 1.08. The molecule has 0 heteroatoms. The number of hydrogen-bond donors (Lipinski definition) is 0. The number of fused-ring (bicyclic) bond motifs is 2. The van der Waals surface area contributed by atoms with E-state index in [-0.39, 0.29) is 0 Å². The van der Waals surface area contributed by atoms with Crippen molar-refractivity contribution in [1.82, 2.24) is 0 Å². The molecule has 0 saturated heterocycles. The van der Waals surface area contributed by atoms with Gasteiger partial charge in [0.1, 0.15) is 0 Å². The first kappa shape index (κ1) is 7.57. The molecule has 0 spiro atoms. The maximum atomic E-state index is 3.32. The van der Waals surface area contributed by atoms with Crippen LogP contribution < -0.4 is 0 Å².